The number of halogens is 1. The maximum atomic E-state index is 11.6. The molecule has 9 heteroatoms. The summed E-state index contributed by atoms with van der Waals surface area (Å²) < 4.78 is 22.9. The number of nitrogens with zero attached hydrogens (tertiary/aromatic N) is 2. The SMILES string of the molecule is CCNC(=NCCC(=O)N(C)C)NCCc1ccc(S(C)(=O)=O)cc1.I. The van der Waals surface area contributed by atoms with Gasteiger partial charge in [0.15, 0.2) is 15.8 Å². The van der Waals surface area contributed by atoms with Crippen molar-refractivity contribution in [3.63, 3.8) is 0 Å². The molecule has 148 valence electrons. The molecule has 0 aliphatic carbocycles. The molecule has 2 N–H and O–H groups in total. The molecule has 0 radical (unpaired) electrons. The normalized spacial score (nSPS) is 11.5. The van der Waals surface area contributed by atoms with Crippen molar-refractivity contribution in [3.05, 3.63) is 29.8 Å². The average Bonchev–Trinajstić information content (AvgIpc) is 2.54. The van der Waals surface area contributed by atoms with Crippen LogP contribution in [-0.4, -0.2) is 65.2 Å². The van der Waals surface area contributed by atoms with Gasteiger partial charge in [-0.1, -0.05) is 12.1 Å². The van der Waals surface area contributed by atoms with E-state index in [2.05, 4.69) is 15.6 Å². The number of sulfone groups is 1. The van der Waals surface area contributed by atoms with E-state index >= 15 is 0 Å². The van der Waals surface area contributed by atoms with Crippen LogP contribution < -0.4 is 10.6 Å². The Balaban J connectivity index is 0.00000625. The second-order valence-electron chi connectivity index (χ2n) is 5.89. The Kier molecular flexibility index (Phi) is 11.5. The molecule has 26 heavy (non-hydrogen) atoms. The van der Waals surface area contributed by atoms with E-state index in [1.165, 1.54) is 6.26 Å². The highest BCUT2D eigenvalue weighted by atomic mass is 127. The van der Waals surface area contributed by atoms with Crippen LogP contribution in [-0.2, 0) is 21.1 Å². The van der Waals surface area contributed by atoms with Crippen LogP contribution in [0.3, 0.4) is 0 Å². The first kappa shape index (κ1) is 24.6. The summed E-state index contributed by atoms with van der Waals surface area (Å²) in [5, 5.41) is 6.35. The number of carbonyl (C=O) groups excluding carboxylic acids is 1. The van der Waals surface area contributed by atoms with Gasteiger partial charge in [0, 0.05) is 39.9 Å². The zero-order valence-corrected chi connectivity index (χ0v) is 18.9. The van der Waals surface area contributed by atoms with E-state index in [0.29, 0.717) is 30.4 Å². The lowest BCUT2D eigenvalue weighted by atomic mass is 10.1. The summed E-state index contributed by atoms with van der Waals surface area (Å²) in [6.45, 7) is 3.80. The number of guanidine groups is 1. The molecule has 0 aromatic heterocycles. The van der Waals surface area contributed by atoms with Gasteiger partial charge in [-0.05, 0) is 31.0 Å². The topological polar surface area (TPSA) is 90.9 Å². The molecule has 0 saturated carbocycles. The van der Waals surface area contributed by atoms with E-state index in [1.54, 1.807) is 31.1 Å². The van der Waals surface area contributed by atoms with Gasteiger partial charge in [-0.3, -0.25) is 9.79 Å². The van der Waals surface area contributed by atoms with Crippen LogP contribution in [0.15, 0.2) is 34.2 Å². The van der Waals surface area contributed by atoms with Crippen molar-refractivity contribution in [2.45, 2.75) is 24.7 Å². The van der Waals surface area contributed by atoms with Crippen molar-refractivity contribution < 1.29 is 13.2 Å². The number of rotatable bonds is 8. The van der Waals surface area contributed by atoms with E-state index in [-0.39, 0.29) is 29.9 Å². The molecule has 0 saturated heterocycles. The van der Waals surface area contributed by atoms with Crippen LogP contribution in [0.1, 0.15) is 18.9 Å². The lowest BCUT2D eigenvalue weighted by Gasteiger charge is -2.12. The molecule has 1 amide bonds. The molecule has 1 aromatic carbocycles. The number of hydrogen-bond donors (Lipinski definition) is 2. The predicted molar refractivity (Wildman–Crippen MR) is 116 cm³/mol. The van der Waals surface area contributed by atoms with Gasteiger partial charge >= 0.3 is 0 Å². The average molecular weight is 496 g/mol. The Labute approximate surface area is 173 Å². The molecule has 0 aliphatic heterocycles. The fraction of sp³-hybridized carbons (Fsp3) is 0.529. The second kappa shape index (κ2) is 12.1. The largest absolute Gasteiger partial charge is 0.357 e. The molecule has 0 aliphatic rings. The molecule has 1 aromatic rings. The standard InChI is InChI=1S/C17H28N4O3S.HI/c1-5-18-17(20-13-11-16(22)21(2)3)19-12-10-14-6-8-15(9-7-14)25(4,23)24;/h6-9H,5,10-13H2,1-4H3,(H2,18,19,20);1H. The smallest absolute Gasteiger partial charge is 0.223 e. The van der Waals surface area contributed by atoms with Crippen LogP contribution in [0.4, 0.5) is 0 Å². The van der Waals surface area contributed by atoms with Crippen molar-refractivity contribution in [2.75, 3.05) is 40.0 Å². The maximum absolute atomic E-state index is 11.6. The van der Waals surface area contributed by atoms with E-state index in [0.717, 1.165) is 18.5 Å². The summed E-state index contributed by atoms with van der Waals surface area (Å²) in [5.74, 6) is 0.715. The molecule has 7 nitrogen and oxygen atoms in total. The Morgan fingerprint density at radius 2 is 1.77 bits per heavy atom. The Morgan fingerprint density at radius 1 is 1.15 bits per heavy atom. The number of amides is 1. The second-order valence-corrected chi connectivity index (χ2v) is 7.91. The lowest BCUT2D eigenvalue weighted by Crippen LogP contribution is -2.38. The minimum atomic E-state index is -3.16. The molecule has 1 rings (SSSR count). The van der Waals surface area contributed by atoms with Crippen molar-refractivity contribution in [3.8, 4) is 0 Å². The summed E-state index contributed by atoms with van der Waals surface area (Å²) in [4.78, 5) is 17.8. The minimum absolute atomic E-state index is 0. The van der Waals surface area contributed by atoms with Crippen LogP contribution in [0, 0.1) is 0 Å². The van der Waals surface area contributed by atoms with E-state index in [4.69, 9.17) is 0 Å². The van der Waals surface area contributed by atoms with Gasteiger partial charge in [0.25, 0.3) is 0 Å². The molecule has 0 spiro atoms. The molecule has 0 unspecified atom stereocenters. The van der Waals surface area contributed by atoms with Gasteiger partial charge in [0.1, 0.15) is 0 Å². The third-order valence-electron chi connectivity index (χ3n) is 3.50. The van der Waals surface area contributed by atoms with Crippen molar-refractivity contribution >= 4 is 45.7 Å². The fourth-order valence-electron chi connectivity index (χ4n) is 2.06. The minimum Gasteiger partial charge on any atom is -0.357 e. The van der Waals surface area contributed by atoms with Crippen LogP contribution in [0.2, 0.25) is 0 Å². The number of carbonyl (C=O) groups is 1. The highest BCUT2D eigenvalue weighted by Gasteiger charge is 2.06. The molecule has 0 fully saturated rings. The van der Waals surface area contributed by atoms with Gasteiger partial charge < -0.3 is 15.5 Å². The summed E-state index contributed by atoms with van der Waals surface area (Å²) in [6.07, 6.45) is 2.31. The summed E-state index contributed by atoms with van der Waals surface area (Å²) in [6, 6.07) is 6.88. The van der Waals surface area contributed by atoms with Crippen molar-refractivity contribution in [2.24, 2.45) is 4.99 Å². The van der Waals surface area contributed by atoms with Crippen molar-refractivity contribution in [1.82, 2.24) is 15.5 Å². The highest BCUT2D eigenvalue weighted by Crippen LogP contribution is 2.10. The third kappa shape index (κ3) is 9.37. The molecule has 0 heterocycles. The summed E-state index contributed by atoms with van der Waals surface area (Å²) in [7, 11) is 0.293. The van der Waals surface area contributed by atoms with Crippen LogP contribution in [0.25, 0.3) is 0 Å². The molecule has 0 bridgehead atoms. The molecule has 0 atom stereocenters. The third-order valence-corrected chi connectivity index (χ3v) is 4.62. The Hall–Kier alpha value is -1.36. The monoisotopic (exact) mass is 496 g/mol. The summed E-state index contributed by atoms with van der Waals surface area (Å²) in [5.41, 5.74) is 1.04. The van der Waals surface area contributed by atoms with E-state index in [1.807, 2.05) is 19.1 Å². The van der Waals surface area contributed by atoms with Gasteiger partial charge in [0.2, 0.25) is 5.91 Å². The number of benzene rings is 1. The first-order valence-corrected chi connectivity index (χ1v) is 10.1. The zero-order valence-electron chi connectivity index (χ0n) is 15.8. The van der Waals surface area contributed by atoms with Gasteiger partial charge in [-0.15, -0.1) is 24.0 Å². The number of aliphatic imine (C=N–C) groups is 1. The zero-order chi connectivity index (χ0) is 18.9. The van der Waals surface area contributed by atoms with Crippen molar-refractivity contribution in [1.29, 1.82) is 0 Å². The Morgan fingerprint density at radius 3 is 2.27 bits per heavy atom. The number of hydrogen-bond acceptors (Lipinski definition) is 4. The first-order valence-electron chi connectivity index (χ1n) is 8.25. The van der Waals surface area contributed by atoms with Crippen LogP contribution >= 0.6 is 24.0 Å². The predicted octanol–water partition coefficient (Wildman–Crippen LogP) is 1.28. The number of nitrogens with one attached hydrogen (secondary N) is 2. The summed E-state index contributed by atoms with van der Waals surface area (Å²) >= 11 is 0. The highest BCUT2D eigenvalue weighted by molar-refractivity contribution is 14.0. The Bertz CT molecular complexity index is 688. The fourth-order valence-corrected chi connectivity index (χ4v) is 2.69. The van der Waals surface area contributed by atoms with E-state index < -0.39 is 9.84 Å². The quantitative estimate of drug-likeness (QED) is 0.322. The van der Waals surface area contributed by atoms with Gasteiger partial charge in [0.05, 0.1) is 11.4 Å². The molecular weight excluding hydrogens is 467 g/mol. The maximum Gasteiger partial charge on any atom is 0.223 e. The lowest BCUT2D eigenvalue weighted by molar-refractivity contribution is -0.128. The van der Waals surface area contributed by atoms with Crippen LogP contribution in [0.5, 0.6) is 0 Å². The van der Waals surface area contributed by atoms with Gasteiger partial charge in [-0.25, -0.2) is 8.42 Å². The first-order chi connectivity index (χ1) is 11.7. The van der Waals surface area contributed by atoms with E-state index in [9.17, 15) is 13.2 Å². The van der Waals surface area contributed by atoms with Gasteiger partial charge in [-0.2, -0.15) is 0 Å². The molecular formula is C17H29IN4O3S.